The minimum absolute atomic E-state index is 0.0272. The number of esters is 2. The molecule has 11 atom stereocenters. The van der Waals surface area contributed by atoms with Crippen molar-refractivity contribution in [3.8, 4) is 0 Å². The highest BCUT2D eigenvalue weighted by atomic mass is 16.6. The van der Waals surface area contributed by atoms with Crippen molar-refractivity contribution in [2.24, 2.45) is 17.8 Å². The van der Waals surface area contributed by atoms with E-state index in [2.05, 4.69) is 4.98 Å². The minimum atomic E-state index is -0.712. The lowest BCUT2D eigenvalue weighted by atomic mass is 9.85. The second kappa shape index (κ2) is 14.9. The van der Waals surface area contributed by atoms with Crippen LogP contribution in [0.1, 0.15) is 65.0 Å². The molecule has 11 nitrogen and oxygen atoms in total. The maximum atomic E-state index is 13.4. The molecule has 0 aliphatic carbocycles. The Morgan fingerprint density at radius 1 is 1.09 bits per heavy atom. The molecule has 11 unspecified atom stereocenters. The van der Waals surface area contributed by atoms with Gasteiger partial charge in [0.15, 0.2) is 12.0 Å². The van der Waals surface area contributed by atoms with Gasteiger partial charge in [-0.1, -0.05) is 44.2 Å². The molecule has 250 valence electrons. The SMILES string of the molecule is COC(/C(C)=C/C=C/C(C)=C/c1coc(C)n1)C(C)C1CC(OC=O)C2OC2/C=C/C(C)C2CC(CC(=O)O2)CC2OC2C(=O)O1. The number of hydrogen-bond donors (Lipinski definition) is 0. The number of cyclic esters (lactones) is 1. The number of allylic oxidation sites excluding steroid dienone is 4. The molecule has 3 fully saturated rings. The zero-order valence-corrected chi connectivity index (χ0v) is 27.3. The van der Waals surface area contributed by atoms with Crippen LogP contribution in [0.5, 0.6) is 0 Å². The van der Waals surface area contributed by atoms with Gasteiger partial charge in [-0.15, -0.1) is 0 Å². The van der Waals surface area contributed by atoms with E-state index < -0.39 is 36.5 Å². The van der Waals surface area contributed by atoms with Gasteiger partial charge in [0.05, 0.1) is 12.2 Å². The molecule has 0 N–H and O–H groups in total. The van der Waals surface area contributed by atoms with Crippen LogP contribution in [0.15, 0.2) is 52.2 Å². The zero-order chi connectivity index (χ0) is 33.0. The van der Waals surface area contributed by atoms with Crippen LogP contribution in [0.25, 0.3) is 6.08 Å². The van der Waals surface area contributed by atoms with Crippen molar-refractivity contribution in [3.63, 3.8) is 0 Å². The highest BCUT2D eigenvalue weighted by molar-refractivity contribution is 5.78. The second-order valence-corrected chi connectivity index (χ2v) is 12.9. The summed E-state index contributed by atoms with van der Waals surface area (Å²) in [5.74, 6) is -0.398. The first kappa shape index (κ1) is 33.8. The van der Waals surface area contributed by atoms with Crippen LogP contribution in [-0.2, 0) is 42.8 Å². The number of ether oxygens (including phenoxy) is 6. The van der Waals surface area contributed by atoms with Gasteiger partial charge < -0.3 is 32.8 Å². The van der Waals surface area contributed by atoms with Crippen molar-refractivity contribution in [2.45, 2.75) is 109 Å². The Kier molecular flexibility index (Phi) is 11.0. The Morgan fingerprint density at radius 3 is 2.59 bits per heavy atom. The van der Waals surface area contributed by atoms with E-state index in [9.17, 15) is 14.4 Å². The molecule has 0 radical (unpaired) electrons. The molecule has 4 aliphatic heterocycles. The number of oxazole rings is 1. The number of epoxide rings is 2. The second-order valence-electron chi connectivity index (χ2n) is 12.9. The van der Waals surface area contributed by atoms with E-state index in [4.69, 9.17) is 32.8 Å². The zero-order valence-electron chi connectivity index (χ0n) is 27.3. The summed E-state index contributed by atoms with van der Waals surface area (Å²) >= 11 is 0. The molecule has 5 heterocycles. The number of carbonyl (C=O) groups is 3. The summed E-state index contributed by atoms with van der Waals surface area (Å²) in [5.41, 5.74) is 2.66. The third-order valence-electron chi connectivity index (χ3n) is 9.26. The summed E-state index contributed by atoms with van der Waals surface area (Å²) in [6, 6.07) is 0. The molecule has 2 bridgehead atoms. The molecular formula is C35H45NO10. The number of aryl methyl sites for hydroxylation is 1. The first-order valence-corrected chi connectivity index (χ1v) is 16.0. The van der Waals surface area contributed by atoms with Gasteiger partial charge in [-0.3, -0.25) is 9.59 Å². The van der Waals surface area contributed by atoms with Crippen molar-refractivity contribution < 1.29 is 47.2 Å². The van der Waals surface area contributed by atoms with Gasteiger partial charge in [-0.2, -0.15) is 0 Å². The van der Waals surface area contributed by atoms with Gasteiger partial charge >= 0.3 is 11.9 Å². The van der Waals surface area contributed by atoms with Gasteiger partial charge in [-0.25, -0.2) is 9.78 Å². The largest absolute Gasteiger partial charge is 0.462 e. The molecular weight excluding hydrogens is 594 g/mol. The van der Waals surface area contributed by atoms with E-state index in [1.165, 1.54) is 0 Å². The molecule has 1 aromatic heterocycles. The van der Waals surface area contributed by atoms with Crippen LogP contribution in [0.2, 0.25) is 0 Å². The van der Waals surface area contributed by atoms with E-state index in [0.717, 1.165) is 16.8 Å². The highest BCUT2D eigenvalue weighted by Crippen LogP contribution is 2.39. The Morgan fingerprint density at radius 2 is 1.87 bits per heavy atom. The van der Waals surface area contributed by atoms with Gasteiger partial charge in [-0.05, 0) is 49.8 Å². The van der Waals surface area contributed by atoms with Crippen molar-refractivity contribution in [2.75, 3.05) is 7.11 Å². The monoisotopic (exact) mass is 639 g/mol. The predicted octanol–water partition coefficient (Wildman–Crippen LogP) is 4.84. The van der Waals surface area contributed by atoms with Gasteiger partial charge in [0.25, 0.3) is 6.47 Å². The minimum Gasteiger partial charge on any atom is -0.462 e. The van der Waals surface area contributed by atoms with Crippen LogP contribution >= 0.6 is 0 Å². The Labute approximate surface area is 270 Å². The van der Waals surface area contributed by atoms with E-state index in [-0.39, 0.29) is 48.5 Å². The highest BCUT2D eigenvalue weighted by Gasteiger charge is 2.51. The number of hydrogen-bond acceptors (Lipinski definition) is 11. The summed E-state index contributed by atoms with van der Waals surface area (Å²) in [6.45, 7) is 10.1. The molecule has 0 amide bonds. The van der Waals surface area contributed by atoms with Gasteiger partial charge in [0.2, 0.25) is 0 Å². The van der Waals surface area contributed by atoms with Gasteiger partial charge in [0, 0.05) is 38.7 Å². The Bertz CT molecular complexity index is 1380. The van der Waals surface area contributed by atoms with E-state index in [1.54, 1.807) is 20.3 Å². The fraction of sp³-hybridized carbons (Fsp3) is 0.600. The van der Waals surface area contributed by atoms with Crippen molar-refractivity contribution in [3.05, 3.63) is 59.4 Å². The topological polar surface area (TPSA) is 139 Å². The Hall–Kier alpha value is -3.54. The summed E-state index contributed by atoms with van der Waals surface area (Å²) in [5, 5.41) is 0. The van der Waals surface area contributed by atoms with E-state index in [0.29, 0.717) is 31.6 Å². The summed E-state index contributed by atoms with van der Waals surface area (Å²) in [4.78, 5) is 41.7. The smallest absolute Gasteiger partial charge is 0.338 e. The fourth-order valence-corrected chi connectivity index (χ4v) is 6.61. The first-order chi connectivity index (χ1) is 22.1. The number of methoxy groups -OCH3 is 1. The summed E-state index contributed by atoms with van der Waals surface area (Å²) in [6.07, 6.45) is 11.4. The average molecular weight is 640 g/mol. The molecule has 0 aromatic carbocycles. The molecule has 11 heteroatoms. The standard InChI is InChI=1S/C35H45NO10/c1-19(12-25-17-41-23(5)36-25)8-7-9-21(3)32(40-6)22(4)28-16-29(42-18-37)33-26(44-33)11-10-20(2)27-13-24(15-31(38)43-27)14-30-34(45-30)35(39)46-28/h7-12,17-18,20,22,24,26-30,32-34H,13-16H2,1-6H3/b8-7+,11-10+,19-12+,21-9+. The number of nitrogens with zero attached hydrogens (tertiary/aromatic N) is 1. The predicted molar refractivity (Wildman–Crippen MR) is 166 cm³/mol. The maximum absolute atomic E-state index is 13.4. The number of carbonyl (C=O) groups excluding carboxylic acids is 3. The van der Waals surface area contributed by atoms with Crippen molar-refractivity contribution in [1.82, 2.24) is 4.98 Å². The average Bonchev–Trinajstić information content (AvgIpc) is 3.92. The van der Waals surface area contributed by atoms with Crippen LogP contribution < -0.4 is 0 Å². The third-order valence-corrected chi connectivity index (χ3v) is 9.26. The van der Waals surface area contributed by atoms with Crippen LogP contribution in [-0.4, -0.2) is 79.3 Å². The normalized spacial score (nSPS) is 35.7. The van der Waals surface area contributed by atoms with Crippen molar-refractivity contribution in [1.29, 1.82) is 0 Å². The van der Waals surface area contributed by atoms with Crippen molar-refractivity contribution >= 4 is 24.5 Å². The molecule has 3 saturated heterocycles. The number of aromatic nitrogens is 1. The number of fused-ring (bicyclic) bond motifs is 4. The lowest BCUT2D eigenvalue weighted by Gasteiger charge is -2.32. The maximum Gasteiger partial charge on any atom is 0.338 e. The third kappa shape index (κ3) is 8.63. The first-order valence-electron chi connectivity index (χ1n) is 16.0. The fourth-order valence-electron chi connectivity index (χ4n) is 6.61. The molecule has 1 aromatic rings. The van der Waals surface area contributed by atoms with Gasteiger partial charge in [0.1, 0.15) is 42.5 Å². The molecule has 4 aliphatic rings. The lowest BCUT2D eigenvalue weighted by Crippen LogP contribution is -2.40. The quantitative estimate of drug-likeness (QED) is 0.0916. The van der Waals surface area contributed by atoms with Crippen LogP contribution in [0.3, 0.4) is 0 Å². The lowest BCUT2D eigenvalue weighted by molar-refractivity contribution is -0.159. The van der Waals surface area contributed by atoms with Crippen LogP contribution in [0, 0.1) is 24.7 Å². The van der Waals surface area contributed by atoms with Crippen LogP contribution in [0.4, 0.5) is 0 Å². The summed E-state index contributed by atoms with van der Waals surface area (Å²) < 4.78 is 40.2. The van der Waals surface area contributed by atoms with E-state index >= 15 is 0 Å². The molecule has 5 rings (SSSR count). The van der Waals surface area contributed by atoms with E-state index in [1.807, 2.05) is 64.2 Å². The number of rotatable bonds is 9. The Balaban J connectivity index is 1.34. The molecule has 0 spiro atoms. The molecule has 0 saturated carbocycles. The summed E-state index contributed by atoms with van der Waals surface area (Å²) in [7, 11) is 1.62. The molecule has 46 heavy (non-hydrogen) atoms.